The van der Waals surface area contributed by atoms with Crippen molar-refractivity contribution >= 4 is 52.2 Å². The zero-order chi connectivity index (χ0) is 35.4. The van der Waals surface area contributed by atoms with E-state index in [1.165, 1.54) is 12.3 Å². The summed E-state index contributed by atoms with van der Waals surface area (Å²) in [6.45, 7) is 2.27. The quantitative estimate of drug-likeness (QED) is 0.184. The molecule has 1 aliphatic carbocycles. The molecule has 50 heavy (non-hydrogen) atoms. The molecule has 0 unspecified atom stereocenters. The predicted molar refractivity (Wildman–Crippen MR) is 197 cm³/mol. The van der Waals surface area contributed by atoms with Crippen molar-refractivity contribution in [2.24, 2.45) is 10.2 Å². The Labute approximate surface area is 290 Å². The van der Waals surface area contributed by atoms with E-state index < -0.39 is 17.2 Å². The van der Waals surface area contributed by atoms with Crippen LogP contribution in [0.2, 0.25) is 0 Å². The lowest BCUT2D eigenvalue weighted by molar-refractivity contribution is -0.122. The second-order valence-corrected chi connectivity index (χ2v) is 13.1. The number of hydrazone groups is 2. The number of piperazine rings is 1. The molecule has 1 aromatic heterocycles. The number of hydrogen-bond donors (Lipinski definition) is 2. The summed E-state index contributed by atoms with van der Waals surface area (Å²) in [7, 11) is 7.84. The van der Waals surface area contributed by atoms with Gasteiger partial charge in [-0.3, -0.25) is 19.3 Å². The van der Waals surface area contributed by atoms with E-state index >= 15 is 4.39 Å². The Morgan fingerprint density at radius 3 is 1.94 bits per heavy atom. The van der Waals surface area contributed by atoms with Crippen LogP contribution < -0.4 is 31.0 Å². The van der Waals surface area contributed by atoms with Gasteiger partial charge in [-0.05, 0) is 60.4 Å². The summed E-state index contributed by atoms with van der Waals surface area (Å²) in [5.74, 6) is -1.41. The Morgan fingerprint density at radius 1 is 0.840 bits per heavy atom. The number of rotatable bonds is 11. The van der Waals surface area contributed by atoms with Gasteiger partial charge in [0, 0.05) is 83.4 Å². The second kappa shape index (κ2) is 14.9. The monoisotopic (exact) mass is 679 g/mol. The van der Waals surface area contributed by atoms with E-state index in [0.29, 0.717) is 37.4 Å². The van der Waals surface area contributed by atoms with Crippen LogP contribution in [0.15, 0.2) is 81.9 Å². The molecular formula is C37H42FN9O3. The van der Waals surface area contributed by atoms with Gasteiger partial charge < -0.3 is 19.3 Å². The molecule has 0 atom stereocenters. The third-order valence-corrected chi connectivity index (χ3v) is 8.97. The van der Waals surface area contributed by atoms with Crippen molar-refractivity contribution in [1.29, 1.82) is 0 Å². The number of anilines is 3. The maximum absolute atomic E-state index is 15.7. The number of fused-ring (bicyclic) bond motifs is 1. The van der Waals surface area contributed by atoms with Gasteiger partial charge in [0.15, 0.2) is 0 Å². The molecule has 2 amide bonds. The molecule has 3 aromatic carbocycles. The van der Waals surface area contributed by atoms with E-state index in [2.05, 4.69) is 21.1 Å². The molecule has 12 nitrogen and oxygen atoms in total. The Bertz CT molecular complexity index is 1980. The van der Waals surface area contributed by atoms with Gasteiger partial charge in [0.25, 0.3) is 11.8 Å². The van der Waals surface area contributed by atoms with Crippen molar-refractivity contribution < 1.29 is 14.0 Å². The number of amides is 2. The van der Waals surface area contributed by atoms with Crippen LogP contribution in [-0.2, 0) is 4.79 Å². The maximum Gasteiger partial charge on any atom is 0.276 e. The average Bonchev–Trinajstić information content (AvgIpc) is 3.95. The van der Waals surface area contributed by atoms with Crippen molar-refractivity contribution in [3.05, 3.63) is 99.6 Å². The molecule has 0 spiro atoms. The first kappa shape index (κ1) is 34.3. The summed E-state index contributed by atoms with van der Waals surface area (Å²) >= 11 is 0. The normalized spacial score (nSPS) is 15.2. The van der Waals surface area contributed by atoms with Crippen molar-refractivity contribution in [3.8, 4) is 0 Å². The number of hydrogen-bond acceptors (Lipinski definition) is 9. The lowest BCUT2D eigenvalue weighted by atomic mass is 10.1. The van der Waals surface area contributed by atoms with Crippen LogP contribution in [-0.4, -0.2) is 94.6 Å². The van der Waals surface area contributed by atoms with Crippen LogP contribution in [0, 0.1) is 5.82 Å². The van der Waals surface area contributed by atoms with Gasteiger partial charge in [-0.25, -0.2) is 15.2 Å². The van der Waals surface area contributed by atoms with Crippen LogP contribution in [0.5, 0.6) is 0 Å². The number of carbonyl (C=O) groups is 2. The lowest BCUT2D eigenvalue weighted by Crippen LogP contribution is -2.49. The van der Waals surface area contributed by atoms with Gasteiger partial charge >= 0.3 is 0 Å². The molecule has 260 valence electrons. The number of carbonyl (C=O) groups excluding carboxylic acids is 2. The van der Waals surface area contributed by atoms with E-state index in [4.69, 9.17) is 0 Å². The van der Waals surface area contributed by atoms with Crippen molar-refractivity contribution in [3.63, 3.8) is 0 Å². The van der Waals surface area contributed by atoms with E-state index in [1.807, 2.05) is 101 Å². The Balaban J connectivity index is 1.09. The summed E-state index contributed by atoms with van der Waals surface area (Å²) in [5, 5.41) is 8.29. The number of benzene rings is 3. The molecule has 1 saturated carbocycles. The molecule has 13 heteroatoms. The first-order chi connectivity index (χ1) is 24.1. The van der Waals surface area contributed by atoms with Gasteiger partial charge in [0.1, 0.15) is 11.4 Å². The van der Waals surface area contributed by atoms with Crippen molar-refractivity contribution in [2.45, 2.75) is 18.9 Å². The van der Waals surface area contributed by atoms with Gasteiger partial charge in [0.2, 0.25) is 5.43 Å². The van der Waals surface area contributed by atoms with Crippen LogP contribution >= 0.6 is 0 Å². The zero-order valence-corrected chi connectivity index (χ0v) is 28.8. The van der Waals surface area contributed by atoms with Crippen LogP contribution in [0.3, 0.4) is 0 Å². The Morgan fingerprint density at radius 2 is 1.40 bits per heavy atom. The summed E-state index contributed by atoms with van der Waals surface area (Å²) in [4.78, 5) is 47.1. The lowest BCUT2D eigenvalue weighted by Gasteiger charge is -2.36. The fraction of sp³-hybridized carbons (Fsp3) is 0.324. The van der Waals surface area contributed by atoms with Gasteiger partial charge in [0.05, 0.1) is 30.2 Å². The highest BCUT2D eigenvalue weighted by Crippen LogP contribution is 2.38. The summed E-state index contributed by atoms with van der Waals surface area (Å²) < 4.78 is 17.6. The number of nitrogens with one attached hydrogen (secondary N) is 2. The minimum absolute atomic E-state index is 0.0879. The summed E-state index contributed by atoms with van der Waals surface area (Å²) in [6, 6.07) is 18.5. The number of pyridine rings is 1. The smallest absolute Gasteiger partial charge is 0.276 e. The average molecular weight is 680 g/mol. The minimum Gasteiger partial charge on any atom is -0.378 e. The van der Waals surface area contributed by atoms with Crippen LogP contribution in [0.1, 0.15) is 40.4 Å². The first-order valence-corrected chi connectivity index (χ1v) is 16.6. The SMILES string of the molecule is CN(C)c1ccc(/C=N\NC(=O)CN2CCN(c3cc4c(cc3F)c(=O)c(C(=O)N/N=C/c3ccc(N(C)C)cc3)cn4C3CC3)CC2)cc1. The molecule has 4 aromatic rings. The molecule has 2 aliphatic rings. The molecule has 1 aliphatic heterocycles. The van der Waals surface area contributed by atoms with Gasteiger partial charge in [-0.2, -0.15) is 10.2 Å². The van der Waals surface area contributed by atoms with Crippen molar-refractivity contribution in [2.75, 3.05) is 75.6 Å². The third kappa shape index (κ3) is 8.00. The molecular weight excluding hydrogens is 637 g/mol. The maximum atomic E-state index is 15.7. The second-order valence-electron chi connectivity index (χ2n) is 13.1. The molecule has 1 saturated heterocycles. The largest absolute Gasteiger partial charge is 0.378 e. The van der Waals surface area contributed by atoms with Gasteiger partial charge in [-0.1, -0.05) is 24.3 Å². The Kier molecular flexibility index (Phi) is 10.2. The first-order valence-electron chi connectivity index (χ1n) is 16.6. The highest BCUT2D eigenvalue weighted by Gasteiger charge is 2.29. The minimum atomic E-state index is -0.651. The number of nitrogens with zero attached hydrogens (tertiary/aromatic N) is 7. The summed E-state index contributed by atoms with van der Waals surface area (Å²) in [5.41, 5.74) is 9.16. The number of halogens is 1. The highest BCUT2D eigenvalue weighted by molar-refractivity contribution is 5.98. The summed E-state index contributed by atoms with van der Waals surface area (Å²) in [6.07, 6.45) is 6.49. The zero-order valence-electron chi connectivity index (χ0n) is 28.8. The molecule has 6 rings (SSSR count). The van der Waals surface area contributed by atoms with E-state index in [-0.39, 0.29) is 29.4 Å². The third-order valence-electron chi connectivity index (χ3n) is 8.97. The molecule has 0 radical (unpaired) electrons. The van der Waals surface area contributed by atoms with E-state index in [0.717, 1.165) is 35.3 Å². The van der Waals surface area contributed by atoms with Crippen LogP contribution in [0.4, 0.5) is 21.5 Å². The molecule has 2 N–H and O–H groups in total. The molecule has 2 fully saturated rings. The van der Waals surface area contributed by atoms with Crippen molar-refractivity contribution in [1.82, 2.24) is 20.3 Å². The highest BCUT2D eigenvalue weighted by atomic mass is 19.1. The van der Waals surface area contributed by atoms with Gasteiger partial charge in [-0.15, -0.1) is 0 Å². The topological polar surface area (TPSA) is 118 Å². The van der Waals surface area contributed by atoms with E-state index in [9.17, 15) is 14.4 Å². The molecule has 0 bridgehead atoms. The fourth-order valence-corrected chi connectivity index (χ4v) is 5.92. The van der Waals surface area contributed by atoms with Crippen LogP contribution in [0.25, 0.3) is 10.9 Å². The van der Waals surface area contributed by atoms with E-state index in [1.54, 1.807) is 18.5 Å². The predicted octanol–water partition coefficient (Wildman–Crippen LogP) is 3.64. The number of aromatic nitrogens is 1. The Hall–Kier alpha value is -5.56. The standard InChI is InChI=1S/C37H42FN9O3/c1-43(2)27-9-5-25(6-10-27)21-39-41-35(48)24-45-15-17-46(18-16-45)34-20-33-30(19-32(34)38)36(49)31(23-47(33)29-13-14-29)37(50)42-40-22-26-7-11-28(12-8-26)44(3)4/h5-12,19-23,29H,13-18,24H2,1-4H3,(H,41,48)(H,42,50)/b39-21-,40-22+. The molecule has 2 heterocycles. The fourth-order valence-electron chi connectivity index (χ4n) is 5.92.